The molecule has 5 heteroatoms. The van der Waals surface area contributed by atoms with Gasteiger partial charge in [0.2, 0.25) is 11.8 Å². The summed E-state index contributed by atoms with van der Waals surface area (Å²) < 4.78 is 0. The van der Waals surface area contributed by atoms with Crippen LogP contribution in [0, 0.1) is 17.8 Å². The van der Waals surface area contributed by atoms with Crippen molar-refractivity contribution < 1.29 is 14.7 Å². The minimum absolute atomic E-state index is 0.0360. The Labute approximate surface area is 139 Å². The molecular formula is C18H32N2O3. The molecule has 4 atom stereocenters. The molecule has 23 heavy (non-hydrogen) atoms. The van der Waals surface area contributed by atoms with Gasteiger partial charge in [-0.2, -0.15) is 0 Å². The van der Waals surface area contributed by atoms with E-state index in [-0.39, 0.29) is 42.2 Å². The predicted molar refractivity (Wildman–Crippen MR) is 89.7 cm³/mol. The Balaban J connectivity index is 1.90. The molecule has 1 saturated heterocycles. The van der Waals surface area contributed by atoms with Gasteiger partial charge < -0.3 is 15.3 Å². The summed E-state index contributed by atoms with van der Waals surface area (Å²) in [5, 5.41) is 12.6. The SMILES string of the molecule is CCC(C)C(=O)N1CCCC(C(=O)NC2CCCCC2CO)C1. The van der Waals surface area contributed by atoms with Crippen LogP contribution in [0.2, 0.25) is 0 Å². The zero-order valence-electron chi connectivity index (χ0n) is 14.6. The fraction of sp³-hybridized carbons (Fsp3) is 0.889. The van der Waals surface area contributed by atoms with E-state index >= 15 is 0 Å². The standard InChI is InChI=1S/C18H32N2O3/c1-3-13(2)18(23)20-10-6-8-14(11-20)17(22)19-16-9-5-4-7-15(16)12-21/h13-16,21H,3-12H2,1-2H3,(H,19,22). The molecule has 2 rings (SSSR count). The first-order valence-electron chi connectivity index (χ1n) is 9.26. The average molecular weight is 324 g/mol. The van der Waals surface area contributed by atoms with Gasteiger partial charge >= 0.3 is 0 Å². The highest BCUT2D eigenvalue weighted by molar-refractivity contribution is 5.82. The van der Waals surface area contributed by atoms with Crippen LogP contribution in [-0.2, 0) is 9.59 Å². The molecule has 2 amide bonds. The Kier molecular flexibility index (Phi) is 6.88. The largest absolute Gasteiger partial charge is 0.396 e. The number of aliphatic hydroxyl groups is 1. The van der Waals surface area contributed by atoms with Crippen LogP contribution < -0.4 is 5.32 Å². The smallest absolute Gasteiger partial charge is 0.225 e. The quantitative estimate of drug-likeness (QED) is 0.812. The van der Waals surface area contributed by atoms with E-state index in [1.54, 1.807) is 0 Å². The molecule has 0 spiro atoms. The molecular weight excluding hydrogens is 292 g/mol. The number of rotatable bonds is 5. The number of hydrogen-bond donors (Lipinski definition) is 2. The van der Waals surface area contributed by atoms with E-state index < -0.39 is 0 Å². The third-order valence-corrected chi connectivity index (χ3v) is 5.61. The Bertz CT molecular complexity index is 413. The van der Waals surface area contributed by atoms with E-state index in [4.69, 9.17) is 0 Å². The monoisotopic (exact) mass is 324 g/mol. The summed E-state index contributed by atoms with van der Waals surface area (Å²) in [6, 6.07) is 0.0990. The van der Waals surface area contributed by atoms with Crippen LogP contribution in [0.3, 0.4) is 0 Å². The first kappa shape index (κ1) is 18.2. The zero-order chi connectivity index (χ0) is 16.8. The highest BCUT2D eigenvalue weighted by atomic mass is 16.3. The Hall–Kier alpha value is -1.10. The lowest BCUT2D eigenvalue weighted by molar-refractivity contribution is -0.139. The van der Waals surface area contributed by atoms with Crippen molar-refractivity contribution in [3.8, 4) is 0 Å². The summed E-state index contributed by atoms with van der Waals surface area (Å²) in [7, 11) is 0. The van der Waals surface area contributed by atoms with Gasteiger partial charge in [0.05, 0.1) is 5.92 Å². The fourth-order valence-corrected chi connectivity index (χ4v) is 3.79. The Morgan fingerprint density at radius 3 is 2.65 bits per heavy atom. The number of amides is 2. The Morgan fingerprint density at radius 2 is 1.96 bits per heavy atom. The maximum absolute atomic E-state index is 12.6. The first-order valence-corrected chi connectivity index (χ1v) is 9.26. The second-order valence-electron chi connectivity index (χ2n) is 7.27. The highest BCUT2D eigenvalue weighted by Gasteiger charge is 2.32. The normalized spacial score (nSPS) is 29.9. The molecule has 1 aliphatic carbocycles. The van der Waals surface area contributed by atoms with Gasteiger partial charge in [-0.1, -0.05) is 26.7 Å². The van der Waals surface area contributed by atoms with E-state index in [9.17, 15) is 14.7 Å². The minimum atomic E-state index is -0.0991. The van der Waals surface area contributed by atoms with Crippen LogP contribution >= 0.6 is 0 Å². The summed E-state index contributed by atoms with van der Waals surface area (Å²) in [6.07, 6.45) is 6.79. The van der Waals surface area contributed by atoms with Gasteiger partial charge in [-0.15, -0.1) is 0 Å². The van der Waals surface area contributed by atoms with Crippen LogP contribution in [-0.4, -0.2) is 47.6 Å². The van der Waals surface area contributed by atoms with Crippen molar-refractivity contribution in [3.05, 3.63) is 0 Å². The topological polar surface area (TPSA) is 69.6 Å². The predicted octanol–water partition coefficient (Wildman–Crippen LogP) is 1.94. The number of likely N-dealkylation sites (tertiary alicyclic amines) is 1. The van der Waals surface area contributed by atoms with Gasteiger partial charge in [-0.3, -0.25) is 9.59 Å². The van der Waals surface area contributed by atoms with Crippen LogP contribution in [0.25, 0.3) is 0 Å². The van der Waals surface area contributed by atoms with Crippen molar-refractivity contribution in [1.29, 1.82) is 0 Å². The molecule has 1 heterocycles. The van der Waals surface area contributed by atoms with Crippen LogP contribution in [0.4, 0.5) is 0 Å². The van der Waals surface area contributed by atoms with E-state index in [1.807, 2.05) is 18.7 Å². The summed E-state index contributed by atoms with van der Waals surface area (Å²) in [5.41, 5.74) is 0. The lowest BCUT2D eigenvalue weighted by atomic mass is 9.84. The number of piperidine rings is 1. The van der Waals surface area contributed by atoms with Crippen molar-refractivity contribution in [3.63, 3.8) is 0 Å². The number of carbonyl (C=O) groups excluding carboxylic acids is 2. The van der Waals surface area contributed by atoms with E-state index in [1.165, 1.54) is 0 Å². The second kappa shape index (κ2) is 8.67. The van der Waals surface area contributed by atoms with Crippen LogP contribution in [0.15, 0.2) is 0 Å². The number of carbonyl (C=O) groups is 2. The van der Waals surface area contributed by atoms with Crippen molar-refractivity contribution in [2.24, 2.45) is 17.8 Å². The number of nitrogens with zero attached hydrogens (tertiary/aromatic N) is 1. The van der Waals surface area contributed by atoms with Gasteiger partial charge in [0.25, 0.3) is 0 Å². The molecule has 0 aromatic rings. The van der Waals surface area contributed by atoms with Crippen LogP contribution in [0.1, 0.15) is 58.8 Å². The molecule has 0 bridgehead atoms. The third kappa shape index (κ3) is 4.69. The Morgan fingerprint density at radius 1 is 1.22 bits per heavy atom. The summed E-state index contributed by atoms with van der Waals surface area (Å²) >= 11 is 0. The highest BCUT2D eigenvalue weighted by Crippen LogP contribution is 2.25. The van der Waals surface area contributed by atoms with Crippen molar-refractivity contribution in [2.75, 3.05) is 19.7 Å². The average Bonchev–Trinajstić information content (AvgIpc) is 2.60. The molecule has 1 aliphatic heterocycles. The van der Waals surface area contributed by atoms with Gasteiger partial charge in [0.15, 0.2) is 0 Å². The van der Waals surface area contributed by atoms with Gasteiger partial charge in [-0.05, 0) is 32.1 Å². The van der Waals surface area contributed by atoms with Gasteiger partial charge in [0.1, 0.15) is 0 Å². The fourth-order valence-electron chi connectivity index (χ4n) is 3.79. The molecule has 4 unspecified atom stereocenters. The summed E-state index contributed by atoms with van der Waals surface area (Å²) in [6.45, 7) is 5.45. The molecule has 2 N–H and O–H groups in total. The molecule has 0 radical (unpaired) electrons. The van der Waals surface area contributed by atoms with E-state index in [2.05, 4.69) is 5.32 Å². The molecule has 132 valence electrons. The first-order chi connectivity index (χ1) is 11.1. The molecule has 1 saturated carbocycles. The van der Waals surface area contributed by atoms with Crippen LogP contribution in [0.5, 0.6) is 0 Å². The third-order valence-electron chi connectivity index (χ3n) is 5.61. The zero-order valence-corrected chi connectivity index (χ0v) is 14.6. The molecule has 2 fully saturated rings. The van der Waals surface area contributed by atoms with Crippen molar-refractivity contribution in [2.45, 2.75) is 64.8 Å². The van der Waals surface area contributed by atoms with Crippen molar-refractivity contribution >= 4 is 11.8 Å². The molecule has 5 nitrogen and oxygen atoms in total. The second-order valence-corrected chi connectivity index (χ2v) is 7.27. The molecule has 2 aliphatic rings. The lowest BCUT2D eigenvalue weighted by Gasteiger charge is -2.36. The summed E-state index contributed by atoms with van der Waals surface area (Å²) in [4.78, 5) is 26.8. The lowest BCUT2D eigenvalue weighted by Crippen LogP contribution is -2.50. The molecule has 0 aromatic heterocycles. The van der Waals surface area contributed by atoms with Gasteiger partial charge in [-0.25, -0.2) is 0 Å². The number of aliphatic hydroxyl groups excluding tert-OH is 1. The summed E-state index contributed by atoms with van der Waals surface area (Å²) in [5.74, 6) is 0.369. The molecule has 0 aromatic carbocycles. The van der Waals surface area contributed by atoms with Gasteiger partial charge in [0, 0.05) is 37.6 Å². The number of nitrogens with one attached hydrogen (secondary N) is 1. The van der Waals surface area contributed by atoms with E-state index in [0.717, 1.165) is 51.5 Å². The van der Waals surface area contributed by atoms with Crippen molar-refractivity contribution in [1.82, 2.24) is 10.2 Å². The minimum Gasteiger partial charge on any atom is -0.396 e. The maximum atomic E-state index is 12.6. The van der Waals surface area contributed by atoms with E-state index in [0.29, 0.717) is 6.54 Å². The number of hydrogen-bond acceptors (Lipinski definition) is 3. The maximum Gasteiger partial charge on any atom is 0.225 e.